The van der Waals surface area contributed by atoms with E-state index in [9.17, 15) is 4.79 Å². The number of methoxy groups -OCH3 is 2. The topological polar surface area (TPSA) is 73.6 Å². The lowest BCUT2D eigenvalue weighted by Crippen LogP contribution is -2.10. The van der Waals surface area contributed by atoms with E-state index in [0.29, 0.717) is 11.6 Å². The quantitative estimate of drug-likeness (QED) is 0.362. The first kappa shape index (κ1) is 22.1. The number of aromatic nitrogens is 1. The maximum atomic E-state index is 12.6. The van der Waals surface area contributed by atoms with Crippen molar-refractivity contribution in [3.8, 4) is 22.6 Å². The summed E-state index contributed by atoms with van der Waals surface area (Å²) >= 11 is 0. The molecule has 1 amide bonds. The number of benzene rings is 2. The summed E-state index contributed by atoms with van der Waals surface area (Å²) in [5.41, 5.74) is 6.21. The molecular weight excluding hydrogens is 416 g/mol. The van der Waals surface area contributed by atoms with Gasteiger partial charge in [0.25, 0.3) is 0 Å². The van der Waals surface area contributed by atoms with Gasteiger partial charge in [0.05, 0.1) is 20.5 Å². The number of furan rings is 1. The smallest absolute Gasteiger partial charge is 0.249 e. The molecule has 0 aliphatic rings. The largest absolute Gasteiger partial charge is 0.497 e. The van der Waals surface area contributed by atoms with Gasteiger partial charge < -0.3 is 19.2 Å². The molecule has 0 spiro atoms. The third kappa shape index (κ3) is 4.46. The van der Waals surface area contributed by atoms with E-state index >= 15 is 0 Å². The van der Waals surface area contributed by atoms with Crippen LogP contribution in [0.25, 0.3) is 27.7 Å². The third-order valence-corrected chi connectivity index (χ3v) is 5.58. The van der Waals surface area contributed by atoms with Crippen LogP contribution in [-0.2, 0) is 4.79 Å². The molecule has 33 heavy (non-hydrogen) atoms. The first-order chi connectivity index (χ1) is 15.9. The Balaban J connectivity index is 1.74. The van der Waals surface area contributed by atoms with Gasteiger partial charge in [0.1, 0.15) is 22.9 Å². The second-order valence-corrected chi connectivity index (χ2v) is 7.87. The van der Waals surface area contributed by atoms with Crippen LogP contribution in [0, 0.1) is 13.8 Å². The Morgan fingerprint density at radius 1 is 1.06 bits per heavy atom. The van der Waals surface area contributed by atoms with Gasteiger partial charge in [-0.1, -0.05) is 18.2 Å². The van der Waals surface area contributed by atoms with Crippen molar-refractivity contribution < 1.29 is 18.7 Å². The van der Waals surface area contributed by atoms with Crippen molar-refractivity contribution in [3.63, 3.8) is 0 Å². The first-order valence-corrected chi connectivity index (χ1v) is 10.6. The van der Waals surface area contributed by atoms with Crippen molar-refractivity contribution in [2.75, 3.05) is 19.5 Å². The minimum absolute atomic E-state index is 0.258. The number of hydrogen-bond acceptors (Lipinski definition) is 5. The van der Waals surface area contributed by atoms with Gasteiger partial charge >= 0.3 is 0 Å². The Morgan fingerprint density at radius 2 is 1.82 bits per heavy atom. The van der Waals surface area contributed by atoms with Crippen LogP contribution < -0.4 is 14.8 Å². The van der Waals surface area contributed by atoms with Crippen molar-refractivity contribution in [1.29, 1.82) is 0 Å². The van der Waals surface area contributed by atoms with E-state index < -0.39 is 0 Å². The summed E-state index contributed by atoms with van der Waals surface area (Å²) in [4.78, 5) is 16.9. The molecule has 6 nitrogen and oxygen atoms in total. The van der Waals surface area contributed by atoms with Crippen LogP contribution in [0.3, 0.4) is 0 Å². The van der Waals surface area contributed by atoms with E-state index in [1.807, 2.05) is 57.2 Å². The SMILES string of the molecule is COc1ccc(-c2coc3c(C)c(OC)c(/C(C)=C/C(=O)Nc4ccc(C)cn4)cc23)cc1. The first-order valence-electron chi connectivity index (χ1n) is 10.6. The van der Waals surface area contributed by atoms with Crippen LogP contribution in [0.15, 0.2) is 65.4 Å². The van der Waals surface area contributed by atoms with Crippen molar-refractivity contribution in [2.24, 2.45) is 0 Å². The maximum Gasteiger partial charge on any atom is 0.249 e. The van der Waals surface area contributed by atoms with Crippen molar-refractivity contribution in [1.82, 2.24) is 4.98 Å². The lowest BCUT2D eigenvalue weighted by Gasteiger charge is -2.13. The Morgan fingerprint density at radius 3 is 2.45 bits per heavy atom. The molecule has 0 unspecified atom stereocenters. The minimum Gasteiger partial charge on any atom is -0.497 e. The molecule has 168 valence electrons. The van der Waals surface area contributed by atoms with Crippen LogP contribution in [0.4, 0.5) is 5.82 Å². The predicted molar refractivity (Wildman–Crippen MR) is 131 cm³/mol. The van der Waals surface area contributed by atoms with E-state index in [-0.39, 0.29) is 5.91 Å². The number of carbonyl (C=O) groups is 1. The molecule has 0 aliphatic carbocycles. The van der Waals surface area contributed by atoms with Crippen LogP contribution in [-0.4, -0.2) is 25.1 Å². The Bertz CT molecular complexity index is 1330. The van der Waals surface area contributed by atoms with Gasteiger partial charge in [-0.15, -0.1) is 0 Å². The standard InChI is InChI=1S/C27H26N2O4/c1-16-6-11-24(28-14-16)29-25(30)12-17(2)21-13-22-23(19-7-9-20(31-4)10-8-19)15-33-27(22)18(3)26(21)32-5/h6-15H,1-5H3,(H,28,29,30)/b17-12+. The van der Waals surface area contributed by atoms with Crippen molar-refractivity contribution in [2.45, 2.75) is 20.8 Å². The van der Waals surface area contributed by atoms with Crippen LogP contribution in [0.1, 0.15) is 23.6 Å². The average Bonchev–Trinajstić information content (AvgIpc) is 3.25. The summed E-state index contributed by atoms with van der Waals surface area (Å²) in [7, 11) is 3.26. The summed E-state index contributed by atoms with van der Waals surface area (Å²) in [5, 5.41) is 3.75. The predicted octanol–water partition coefficient (Wildman–Crippen LogP) is 6.17. The highest BCUT2D eigenvalue weighted by molar-refractivity contribution is 6.05. The zero-order valence-electron chi connectivity index (χ0n) is 19.4. The lowest BCUT2D eigenvalue weighted by molar-refractivity contribution is -0.111. The molecule has 2 aromatic heterocycles. The van der Waals surface area contributed by atoms with E-state index in [0.717, 1.165) is 50.1 Å². The van der Waals surface area contributed by atoms with Crippen LogP contribution in [0.2, 0.25) is 0 Å². The maximum absolute atomic E-state index is 12.6. The molecule has 4 rings (SSSR count). The Kier molecular flexibility index (Phi) is 6.18. The number of allylic oxidation sites excluding steroid dienone is 1. The van der Waals surface area contributed by atoms with Gasteiger partial charge in [-0.25, -0.2) is 4.98 Å². The number of ether oxygens (including phenoxy) is 2. The lowest BCUT2D eigenvalue weighted by atomic mass is 9.96. The zero-order valence-corrected chi connectivity index (χ0v) is 19.4. The molecule has 4 aromatic rings. The summed E-state index contributed by atoms with van der Waals surface area (Å²) in [5.74, 6) is 1.71. The molecule has 1 N–H and O–H groups in total. The summed E-state index contributed by atoms with van der Waals surface area (Å²) in [6, 6.07) is 13.5. The molecule has 0 aliphatic heterocycles. The molecule has 2 heterocycles. The number of nitrogens with one attached hydrogen (secondary N) is 1. The molecule has 0 radical (unpaired) electrons. The molecule has 0 fully saturated rings. The normalized spacial score (nSPS) is 11.5. The fourth-order valence-electron chi connectivity index (χ4n) is 3.84. The summed E-state index contributed by atoms with van der Waals surface area (Å²) in [6.07, 6.45) is 5.02. The summed E-state index contributed by atoms with van der Waals surface area (Å²) < 4.78 is 16.9. The monoisotopic (exact) mass is 442 g/mol. The number of fused-ring (bicyclic) bond motifs is 1. The average molecular weight is 443 g/mol. The molecule has 0 saturated heterocycles. The molecule has 6 heteroatoms. The Labute approximate surface area is 192 Å². The highest BCUT2D eigenvalue weighted by atomic mass is 16.5. The summed E-state index contributed by atoms with van der Waals surface area (Å²) in [6.45, 7) is 5.79. The van der Waals surface area contributed by atoms with E-state index in [1.54, 1.807) is 38.8 Å². The van der Waals surface area contributed by atoms with Crippen molar-refractivity contribution in [3.05, 3.63) is 77.7 Å². The van der Waals surface area contributed by atoms with Crippen LogP contribution >= 0.6 is 0 Å². The number of hydrogen-bond donors (Lipinski definition) is 1. The van der Waals surface area contributed by atoms with Gasteiger partial charge in [0, 0.05) is 34.3 Å². The fraction of sp³-hybridized carbons (Fsp3) is 0.185. The molecule has 0 bridgehead atoms. The zero-order chi connectivity index (χ0) is 23.5. The van der Waals surface area contributed by atoms with Gasteiger partial charge in [-0.3, -0.25) is 4.79 Å². The number of pyridine rings is 1. The van der Waals surface area contributed by atoms with E-state index in [1.165, 1.54) is 0 Å². The molecular formula is C27H26N2O4. The fourth-order valence-corrected chi connectivity index (χ4v) is 3.84. The minimum atomic E-state index is -0.258. The molecule has 0 atom stereocenters. The van der Waals surface area contributed by atoms with E-state index in [2.05, 4.69) is 10.3 Å². The van der Waals surface area contributed by atoms with Gasteiger partial charge in [0.15, 0.2) is 0 Å². The van der Waals surface area contributed by atoms with E-state index in [4.69, 9.17) is 13.9 Å². The number of carbonyl (C=O) groups excluding carboxylic acids is 1. The number of amides is 1. The van der Waals surface area contributed by atoms with Gasteiger partial charge in [0.2, 0.25) is 5.91 Å². The number of aryl methyl sites for hydroxylation is 2. The third-order valence-electron chi connectivity index (χ3n) is 5.58. The molecule has 0 saturated carbocycles. The highest BCUT2D eigenvalue weighted by Gasteiger charge is 2.19. The number of anilines is 1. The second kappa shape index (κ2) is 9.20. The van der Waals surface area contributed by atoms with Gasteiger partial charge in [-0.2, -0.15) is 0 Å². The van der Waals surface area contributed by atoms with Crippen molar-refractivity contribution >= 4 is 28.3 Å². The Hall–Kier alpha value is -4.06. The number of rotatable bonds is 6. The van der Waals surface area contributed by atoms with Gasteiger partial charge in [-0.05, 0) is 61.7 Å². The highest BCUT2D eigenvalue weighted by Crippen LogP contribution is 2.40. The second-order valence-electron chi connectivity index (χ2n) is 7.87. The van der Waals surface area contributed by atoms with Crippen LogP contribution in [0.5, 0.6) is 11.5 Å². The number of nitrogens with zero attached hydrogens (tertiary/aromatic N) is 1. The molecule has 2 aromatic carbocycles.